The summed E-state index contributed by atoms with van der Waals surface area (Å²) in [6, 6.07) is 7.52. The van der Waals surface area contributed by atoms with Gasteiger partial charge in [0.05, 0.1) is 31.4 Å². The van der Waals surface area contributed by atoms with Crippen molar-refractivity contribution in [2.75, 3.05) is 18.2 Å². The molecule has 8 heteroatoms. The minimum Gasteiger partial charge on any atom is -0.495 e. The Morgan fingerprint density at radius 3 is 2.67 bits per heavy atom. The van der Waals surface area contributed by atoms with Crippen molar-refractivity contribution in [1.82, 2.24) is 24.5 Å². The molecule has 24 heavy (non-hydrogen) atoms. The van der Waals surface area contributed by atoms with Gasteiger partial charge in [-0.05, 0) is 26.0 Å². The van der Waals surface area contributed by atoms with Crippen LogP contribution in [0.2, 0.25) is 0 Å². The fourth-order valence-electron chi connectivity index (χ4n) is 2.29. The third-order valence-corrected chi connectivity index (χ3v) is 3.71. The number of nitrogen functional groups attached to an aromatic ring is 1. The number of methoxy groups -OCH3 is 1. The number of benzene rings is 1. The maximum atomic E-state index is 5.82. The molecule has 124 valence electrons. The Balaban J connectivity index is 1.87. The lowest BCUT2D eigenvalue weighted by Crippen LogP contribution is -2.11. The Labute approximate surface area is 139 Å². The fourth-order valence-corrected chi connectivity index (χ4v) is 2.29. The molecule has 0 spiro atoms. The fraction of sp³-hybridized carbons (Fsp3) is 0.250. The third kappa shape index (κ3) is 3.27. The van der Waals surface area contributed by atoms with Crippen LogP contribution in [0.25, 0.3) is 0 Å². The smallest absolute Gasteiger partial charge is 0.232 e. The van der Waals surface area contributed by atoms with Crippen LogP contribution in [0, 0.1) is 13.8 Å². The van der Waals surface area contributed by atoms with Gasteiger partial charge >= 0.3 is 0 Å². The number of aromatic nitrogens is 5. The number of para-hydroxylation sites is 2. The van der Waals surface area contributed by atoms with Crippen LogP contribution in [-0.4, -0.2) is 31.6 Å². The van der Waals surface area contributed by atoms with Crippen molar-refractivity contribution in [2.45, 2.75) is 20.4 Å². The second-order valence-electron chi connectivity index (χ2n) is 5.30. The molecule has 3 N–H and O–H groups in total. The number of nitrogens with two attached hydrogens (primary N) is 1. The summed E-state index contributed by atoms with van der Waals surface area (Å²) in [5, 5.41) is 3.12. The van der Waals surface area contributed by atoms with Gasteiger partial charge in [0.1, 0.15) is 5.75 Å². The summed E-state index contributed by atoms with van der Waals surface area (Å²) < 4.78 is 7.28. The molecule has 0 aliphatic carbocycles. The van der Waals surface area contributed by atoms with E-state index in [2.05, 4.69) is 25.3 Å². The lowest BCUT2D eigenvalue weighted by Gasteiger charge is -2.11. The highest BCUT2D eigenvalue weighted by molar-refractivity contribution is 5.62. The predicted octanol–water partition coefficient (Wildman–Crippen LogP) is 2.07. The molecule has 0 saturated heterocycles. The second-order valence-corrected chi connectivity index (χ2v) is 5.30. The van der Waals surface area contributed by atoms with Gasteiger partial charge in [-0.2, -0.15) is 15.0 Å². The number of aryl methyl sites for hydroxylation is 1. The first-order chi connectivity index (χ1) is 11.6. The van der Waals surface area contributed by atoms with Crippen LogP contribution in [0.4, 0.5) is 17.6 Å². The molecule has 0 radical (unpaired) electrons. The molecule has 0 fully saturated rings. The van der Waals surface area contributed by atoms with Crippen molar-refractivity contribution in [3.05, 3.63) is 47.8 Å². The first-order valence-electron chi connectivity index (χ1n) is 7.45. The number of rotatable bonds is 5. The summed E-state index contributed by atoms with van der Waals surface area (Å²) in [6.07, 6.45) is 1.76. The van der Waals surface area contributed by atoms with Gasteiger partial charge in [-0.25, -0.2) is 4.98 Å². The van der Waals surface area contributed by atoms with Gasteiger partial charge in [0.25, 0.3) is 0 Å². The minimum atomic E-state index is 0.159. The topological polar surface area (TPSA) is 104 Å². The highest BCUT2D eigenvalue weighted by Crippen LogP contribution is 2.25. The van der Waals surface area contributed by atoms with Crippen LogP contribution >= 0.6 is 0 Å². The third-order valence-electron chi connectivity index (χ3n) is 3.71. The van der Waals surface area contributed by atoms with E-state index in [0.717, 1.165) is 17.1 Å². The molecule has 0 aliphatic heterocycles. The monoisotopic (exact) mass is 325 g/mol. The molecule has 0 aliphatic rings. The van der Waals surface area contributed by atoms with E-state index >= 15 is 0 Å². The molecule has 0 unspecified atom stereocenters. The number of hydrogen-bond donors (Lipinski definition) is 2. The van der Waals surface area contributed by atoms with Gasteiger partial charge in [-0.15, -0.1) is 0 Å². The largest absolute Gasteiger partial charge is 0.495 e. The molecule has 0 amide bonds. The Morgan fingerprint density at radius 1 is 1.17 bits per heavy atom. The van der Waals surface area contributed by atoms with E-state index in [-0.39, 0.29) is 5.95 Å². The number of nitrogens with one attached hydrogen (secondary N) is 1. The molecular weight excluding hydrogens is 306 g/mol. The Hall–Kier alpha value is -3.16. The van der Waals surface area contributed by atoms with Gasteiger partial charge in [0.2, 0.25) is 11.9 Å². The SMILES string of the molecule is COc1ccccc1Nc1nc(N)nc(Cn2cnc(C)c2C)n1. The van der Waals surface area contributed by atoms with Crippen molar-refractivity contribution in [3.8, 4) is 5.75 Å². The molecule has 2 heterocycles. The van der Waals surface area contributed by atoms with E-state index in [9.17, 15) is 0 Å². The van der Waals surface area contributed by atoms with Crippen LogP contribution in [0.3, 0.4) is 0 Å². The van der Waals surface area contributed by atoms with Gasteiger partial charge < -0.3 is 20.4 Å². The summed E-state index contributed by atoms with van der Waals surface area (Å²) in [5.41, 5.74) is 8.62. The summed E-state index contributed by atoms with van der Waals surface area (Å²) >= 11 is 0. The summed E-state index contributed by atoms with van der Waals surface area (Å²) in [5.74, 6) is 1.78. The van der Waals surface area contributed by atoms with Crippen LogP contribution in [0.5, 0.6) is 5.75 Å². The molecule has 0 saturated carbocycles. The van der Waals surface area contributed by atoms with Crippen molar-refractivity contribution in [2.24, 2.45) is 0 Å². The molecule has 3 aromatic rings. The first kappa shape index (κ1) is 15.7. The van der Waals surface area contributed by atoms with Crippen molar-refractivity contribution in [3.63, 3.8) is 0 Å². The number of ether oxygens (including phenoxy) is 1. The van der Waals surface area contributed by atoms with E-state index < -0.39 is 0 Å². The van der Waals surface area contributed by atoms with Crippen molar-refractivity contribution >= 4 is 17.6 Å². The van der Waals surface area contributed by atoms with Crippen LogP contribution in [0.1, 0.15) is 17.2 Å². The van der Waals surface area contributed by atoms with E-state index in [1.165, 1.54) is 0 Å². The van der Waals surface area contributed by atoms with Gasteiger partial charge in [0, 0.05) is 5.69 Å². The Kier molecular flexibility index (Phi) is 4.28. The zero-order chi connectivity index (χ0) is 17.1. The highest BCUT2D eigenvalue weighted by atomic mass is 16.5. The van der Waals surface area contributed by atoms with E-state index in [0.29, 0.717) is 24.1 Å². The number of imidazole rings is 1. The average molecular weight is 325 g/mol. The van der Waals surface area contributed by atoms with E-state index in [1.807, 2.05) is 42.7 Å². The standard InChI is InChI=1S/C16H19N7O/c1-10-11(2)23(9-18-10)8-14-20-15(17)22-16(21-14)19-12-6-4-5-7-13(12)24-3/h4-7,9H,8H2,1-3H3,(H3,17,19,20,21,22). The first-order valence-corrected chi connectivity index (χ1v) is 7.45. The quantitative estimate of drug-likeness (QED) is 0.740. The Bertz CT molecular complexity index is 859. The van der Waals surface area contributed by atoms with Gasteiger partial charge in [-0.3, -0.25) is 0 Å². The summed E-state index contributed by atoms with van der Waals surface area (Å²) in [7, 11) is 1.61. The van der Waals surface area contributed by atoms with Gasteiger partial charge in [-0.1, -0.05) is 12.1 Å². The highest BCUT2D eigenvalue weighted by Gasteiger charge is 2.10. The molecule has 0 bridgehead atoms. The predicted molar refractivity (Wildman–Crippen MR) is 91.3 cm³/mol. The lowest BCUT2D eigenvalue weighted by molar-refractivity contribution is 0.417. The molecule has 8 nitrogen and oxygen atoms in total. The molecular formula is C16H19N7O. The second kappa shape index (κ2) is 6.53. The van der Waals surface area contributed by atoms with Crippen LogP contribution < -0.4 is 15.8 Å². The van der Waals surface area contributed by atoms with Crippen LogP contribution in [0.15, 0.2) is 30.6 Å². The molecule has 2 aromatic heterocycles. The van der Waals surface area contributed by atoms with Crippen molar-refractivity contribution < 1.29 is 4.74 Å². The number of anilines is 3. The maximum absolute atomic E-state index is 5.82. The minimum absolute atomic E-state index is 0.159. The zero-order valence-corrected chi connectivity index (χ0v) is 13.8. The lowest BCUT2D eigenvalue weighted by atomic mass is 10.3. The van der Waals surface area contributed by atoms with Gasteiger partial charge in [0.15, 0.2) is 5.82 Å². The normalized spacial score (nSPS) is 10.6. The van der Waals surface area contributed by atoms with Crippen molar-refractivity contribution in [1.29, 1.82) is 0 Å². The zero-order valence-electron chi connectivity index (χ0n) is 13.8. The van der Waals surface area contributed by atoms with E-state index in [4.69, 9.17) is 10.5 Å². The average Bonchev–Trinajstić information content (AvgIpc) is 2.87. The van der Waals surface area contributed by atoms with Crippen LogP contribution in [-0.2, 0) is 6.54 Å². The number of hydrogen-bond acceptors (Lipinski definition) is 7. The molecule has 0 atom stereocenters. The van der Waals surface area contributed by atoms with E-state index in [1.54, 1.807) is 13.4 Å². The summed E-state index contributed by atoms with van der Waals surface area (Å²) in [6.45, 7) is 4.43. The molecule has 3 rings (SSSR count). The number of nitrogens with zero attached hydrogens (tertiary/aromatic N) is 5. The molecule has 1 aromatic carbocycles. The maximum Gasteiger partial charge on any atom is 0.232 e. The summed E-state index contributed by atoms with van der Waals surface area (Å²) in [4.78, 5) is 17.0. The Morgan fingerprint density at radius 2 is 1.96 bits per heavy atom.